The minimum Gasteiger partial charge on any atom is -0.379 e. The molecule has 0 spiro atoms. The molecule has 5 nitrogen and oxygen atoms in total. The molecule has 0 fully saturated rings. The molecule has 2 unspecified atom stereocenters. The highest BCUT2D eigenvalue weighted by Gasteiger charge is 2.15. The van der Waals surface area contributed by atoms with Gasteiger partial charge in [0.2, 0.25) is 0 Å². The van der Waals surface area contributed by atoms with E-state index in [1.165, 1.54) is 5.57 Å². The fourth-order valence-electron chi connectivity index (χ4n) is 2.65. The summed E-state index contributed by atoms with van der Waals surface area (Å²) in [6.45, 7) is 13.8. The highest BCUT2D eigenvalue weighted by molar-refractivity contribution is 5.49. The zero-order chi connectivity index (χ0) is 20.4. The first kappa shape index (κ1) is 22.7. The van der Waals surface area contributed by atoms with Crippen LogP contribution < -0.4 is 5.32 Å². The van der Waals surface area contributed by atoms with Crippen LogP contribution in [0, 0.1) is 23.2 Å². The average Bonchev–Trinajstić information content (AvgIpc) is 2.68. The second kappa shape index (κ2) is 11.4. The van der Waals surface area contributed by atoms with Crippen molar-refractivity contribution in [3.63, 3.8) is 0 Å². The molecule has 5 heteroatoms. The van der Waals surface area contributed by atoms with Crippen LogP contribution in [0.2, 0.25) is 0 Å². The number of nitrogens with one attached hydrogen (secondary N) is 1. The van der Waals surface area contributed by atoms with Gasteiger partial charge in [-0.2, -0.15) is 10.4 Å². The molecule has 3 atom stereocenters. The number of rotatable bonds is 10. The Morgan fingerprint density at radius 1 is 1.22 bits per heavy atom. The van der Waals surface area contributed by atoms with Crippen molar-refractivity contribution < 1.29 is 0 Å². The van der Waals surface area contributed by atoms with Gasteiger partial charge in [0.1, 0.15) is 0 Å². The number of hydrogen-bond donors (Lipinski definition) is 1. The smallest absolute Gasteiger partial charge is 0.0991 e. The van der Waals surface area contributed by atoms with Crippen LogP contribution in [0.25, 0.3) is 0 Å². The van der Waals surface area contributed by atoms with Gasteiger partial charge < -0.3 is 5.32 Å². The molecule has 148 valence electrons. The molecule has 0 aliphatic carbocycles. The molecule has 0 amide bonds. The molecule has 0 aliphatic rings. The Balaban J connectivity index is 2.65. The maximum atomic E-state index is 8.93. The number of nitrogens with zero attached hydrogens (tertiary/aromatic N) is 4. The van der Waals surface area contributed by atoms with E-state index in [1.807, 2.05) is 36.3 Å². The number of anilines is 1. The lowest BCUT2D eigenvalue weighted by Gasteiger charge is -2.23. The third kappa shape index (κ3) is 7.82. The first-order valence-electron chi connectivity index (χ1n) is 9.79. The molecule has 1 rings (SSSR count). The van der Waals surface area contributed by atoms with Crippen LogP contribution in [0.5, 0.6) is 0 Å². The van der Waals surface area contributed by atoms with Crippen LogP contribution in [-0.4, -0.2) is 30.7 Å². The zero-order valence-corrected chi connectivity index (χ0v) is 17.9. The van der Waals surface area contributed by atoms with Crippen molar-refractivity contribution >= 4 is 5.69 Å². The van der Waals surface area contributed by atoms with Gasteiger partial charge in [-0.05, 0) is 63.3 Å². The Kier molecular flexibility index (Phi) is 9.56. The summed E-state index contributed by atoms with van der Waals surface area (Å²) in [4.78, 5) is 0. The molecule has 1 N–H and O–H groups in total. The SMILES string of the molecule is C/C=C(\C)C(CCN(C)N=NC(C)[C@@H](C)C(C)C)Nc1ccc(C#N)cc1. The van der Waals surface area contributed by atoms with Gasteiger partial charge in [-0.25, -0.2) is 0 Å². The van der Waals surface area contributed by atoms with Crippen molar-refractivity contribution in [3.05, 3.63) is 41.5 Å². The molecule has 0 saturated carbocycles. The molecule has 0 aliphatic heterocycles. The number of hydrogen-bond acceptors (Lipinski definition) is 4. The normalized spacial score (nSPS) is 15.4. The van der Waals surface area contributed by atoms with Gasteiger partial charge in [0.25, 0.3) is 0 Å². The molecule has 0 bridgehead atoms. The summed E-state index contributed by atoms with van der Waals surface area (Å²) in [5.41, 5.74) is 2.97. The second-order valence-corrected chi connectivity index (χ2v) is 7.64. The van der Waals surface area contributed by atoms with Crippen molar-refractivity contribution in [2.75, 3.05) is 18.9 Å². The van der Waals surface area contributed by atoms with Gasteiger partial charge in [0.05, 0.1) is 17.7 Å². The summed E-state index contributed by atoms with van der Waals surface area (Å²) in [5, 5.41) is 23.3. The van der Waals surface area contributed by atoms with E-state index in [-0.39, 0.29) is 12.1 Å². The van der Waals surface area contributed by atoms with E-state index in [9.17, 15) is 0 Å². The predicted molar refractivity (Wildman–Crippen MR) is 114 cm³/mol. The molecule has 0 saturated heterocycles. The number of benzene rings is 1. The second-order valence-electron chi connectivity index (χ2n) is 7.64. The molecule has 1 aromatic carbocycles. The maximum Gasteiger partial charge on any atom is 0.0991 e. The maximum absolute atomic E-state index is 8.93. The Morgan fingerprint density at radius 2 is 1.85 bits per heavy atom. The van der Waals surface area contributed by atoms with Crippen molar-refractivity contribution in [2.45, 2.75) is 60.0 Å². The standard InChI is InChI=1S/C22H35N5/c1-8-17(4)22(24-21-11-9-20(15-23)10-12-21)13-14-27(7)26-25-19(6)18(5)16(2)3/h8-12,16,18-19,22,24H,13-14H2,1-7H3/b17-8+,26-25?/t18-,19?,22?/m0/s1. The minimum atomic E-state index is 0.215. The molecule has 0 aromatic heterocycles. The van der Waals surface area contributed by atoms with Crippen LogP contribution in [0.15, 0.2) is 46.3 Å². The van der Waals surface area contributed by atoms with Crippen LogP contribution in [0.3, 0.4) is 0 Å². The van der Waals surface area contributed by atoms with E-state index in [0.29, 0.717) is 17.4 Å². The Morgan fingerprint density at radius 3 is 2.37 bits per heavy atom. The molecule has 0 heterocycles. The summed E-state index contributed by atoms with van der Waals surface area (Å²) in [6, 6.07) is 10.2. The molecular formula is C22H35N5. The highest BCUT2D eigenvalue weighted by Crippen LogP contribution is 2.18. The first-order valence-corrected chi connectivity index (χ1v) is 9.79. The lowest BCUT2D eigenvalue weighted by molar-refractivity contribution is 0.286. The summed E-state index contributed by atoms with van der Waals surface area (Å²) in [5.74, 6) is 1.11. The quantitative estimate of drug-likeness (QED) is 0.328. The Labute approximate surface area is 165 Å². The van der Waals surface area contributed by atoms with Crippen LogP contribution in [0.4, 0.5) is 5.69 Å². The van der Waals surface area contributed by atoms with E-state index in [4.69, 9.17) is 5.26 Å². The van der Waals surface area contributed by atoms with E-state index in [0.717, 1.165) is 18.7 Å². The van der Waals surface area contributed by atoms with Gasteiger partial charge in [-0.1, -0.05) is 37.6 Å². The summed E-state index contributed by atoms with van der Waals surface area (Å²) in [7, 11) is 1.97. The lowest BCUT2D eigenvalue weighted by Crippen LogP contribution is -2.26. The van der Waals surface area contributed by atoms with Crippen molar-refractivity contribution in [2.24, 2.45) is 22.2 Å². The highest BCUT2D eigenvalue weighted by atomic mass is 15.5. The Bertz CT molecular complexity index is 654. The molecule has 0 radical (unpaired) electrons. The topological polar surface area (TPSA) is 63.8 Å². The van der Waals surface area contributed by atoms with Crippen molar-refractivity contribution in [3.8, 4) is 6.07 Å². The lowest BCUT2D eigenvalue weighted by atomic mass is 9.92. The third-order valence-corrected chi connectivity index (χ3v) is 5.30. The molecule has 1 aromatic rings. The van der Waals surface area contributed by atoms with Crippen LogP contribution in [0.1, 0.15) is 53.5 Å². The summed E-state index contributed by atoms with van der Waals surface area (Å²) in [6.07, 6.45) is 3.05. The first-order chi connectivity index (χ1) is 12.8. The minimum absolute atomic E-state index is 0.215. The van der Waals surface area contributed by atoms with Crippen LogP contribution >= 0.6 is 0 Å². The zero-order valence-electron chi connectivity index (χ0n) is 17.9. The van der Waals surface area contributed by atoms with Gasteiger partial charge in [-0.15, -0.1) is 0 Å². The Hall–Kier alpha value is -2.35. The molecular weight excluding hydrogens is 334 g/mol. The number of allylic oxidation sites excluding steroid dienone is 1. The van der Waals surface area contributed by atoms with Crippen molar-refractivity contribution in [1.29, 1.82) is 5.26 Å². The fraction of sp³-hybridized carbons (Fsp3) is 0.591. The third-order valence-electron chi connectivity index (χ3n) is 5.30. The number of nitriles is 1. The van der Waals surface area contributed by atoms with E-state index in [1.54, 1.807) is 0 Å². The molecule has 27 heavy (non-hydrogen) atoms. The van der Waals surface area contributed by atoms with Gasteiger partial charge in [0.15, 0.2) is 0 Å². The predicted octanol–water partition coefficient (Wildman–Crippen LogP) is 5.67. The van der Waals surface area contributed by atoms with Gasteiger partial charge in [-0.3, -0.25) is 5.01 Å². The van der Waals surface area contributed by atoms with Gasteiger partial charge in [0, 0.05) is 25.3 Å². The van der Waals surface area contributed by atoms with E-state index >= 15 is 0 Å². The average molecular weight is 370 g/mol. The summed E-state index contributed by atoms with van der Waals surface area (Å²) >= 11 is 0. The fourth-order valence-corrected chi connectivity index (χ4v) is 2.65. The van der Waals surface area contributed by atoms with Crippen LogP contribution in [-0.2, 0) is 0 Å². The largest absolute Gasteiger partial charge is 0.379 e. The van der Waals surface area contributed by atoms with Gasteiger partial charge >= 0.3 is 0 Å². The van der Waals surface area contributed by atoms with E-state index < -0.39 is 0 Å². The monoisotopic (exact) mass is 369 g/mol. The van der Waals surface area contributed by atoms with Crippen molar-refractivity contribution in [1.82, 2.24) is 5.01 Å². The van der Waals surface area contributed by atoms with E-state index in [2.05, 4.69) is 69.3 Å². The summed E-state index contributed by atoms with van der Waals surface area (Å²) < 4.78 is 0.